The van der Waals surface area contributed by atoms with Crippen molar-refractivity contribution in [3.63, 3.8) is 0 Å². The van der Waals surface area contributed by atoms with Gasteiger partial charge in [-0.15, -0.1) is 29.1 Å². The first-order valence-corrected chi connectivity index (χ1v) is 24.7. The summed E-state index contributed by atoms with van der Waals surface area (Å²) in [7, 11) is 0. The number of aromatic nitrogens is 2. The van der Waals surface area contributed by atoms with Crippen LogP contribution in [0.2, 0.25) is 0 Å². The predicted octanol–water partition coefficient (Wildman–Crippen LogP) is 17.7. The summed E-state index contributed by atoms with van der Waals surface area (Å²) in [6.45, 7) is 37.2. The first-order valence-electron chi connectivity index (χ1n) is 24.7. The molecule has 6 heteroatoms. The van der Waals surface area contributed by atoms with Crippen LogP contribution in [-0.2, 0) is 37.3 Å². The molecule has 4 heterocycles. The average molecular weight is 1090 g/mol. The summed E-state index contributed by atoms with van der Waals surface area (Å²) in [5.74, 6) is 2.77. The third-order valence-corrected chi connectivity index (χ3v) is 15.7. The Morgan fingerprint density at radius 1 is 0.580 bits per heavy atom. The van der Waals surface area contributed by atoms with Crippen molar-refractivity contribution in [1.29, 1.82) is 0 Å². The van der Waals surface area contributed by atoms with E-state index in [4.69, 9.17) is 9.72 Å². The fourth-order valence-corrected chi connectivity index (χ4v) is 10.6. The molecule has 5 nitrogen and oxygen atoms in total. The Hall–Kier alpha value is -5.32. The molecular weight excluding hydrogens is 1020 g/mol. The first kappa shape index (κ1) is 48.7. The predicted molar refractivity (Wildman–Crippen MR) is 286 cm³/mol. The van der Waals surface area contributed by atoms with Crippen molar-refractivity contribution >= 4 is 44.6 Å². The van der Waals surface area contributed by atoms with Gasteiger partial charge in [0.1, 0.15) is 5.82 Å². The molecule has 0 saturated carbocycles. The smallest absolute Gasteiger partial charge is 0.225 e. The van der Waals surface area contributed by atoms with Crippen molar-refractivity contribution in [2.75, 3.05) is 0 Å². The molecule has 1 unspecified atom stereocenters. The molecule has 1 saturated heterocycles. The van der Waals surface area contributed by atoms with E-state index in [2.05, 4.69) is 249 Å². The fourth-order valence-electron chi connectivity index (χ4n) is 10.6. The van der Waals surface area contributed by atoms with Crippen molar-refractivity contribution in [2.24, 2.45) is 5.41 Å². The van der Waals surface area contributed by atoms with Crippen molar-refractivity contribution in [3.05, 3.63) is 174 Å². The fraction of sp³-hybridized carbons (Fsp3) is 0.333. The molecule has 2 aliphatic heterocycles. The summed E-state index contributed by atoms with van der Waals surface area (Å²) in [5, 5.41) is 2.25. The summed E-state index contributed by atoms with van der Waals surface area (Å²) >= 11 is 0. The second-order valence-electron chi connectivity index (χ2n) is 23.8. The molecule has 69 heavy (non-hydrogen) atoms. The Morgan fingerprint density at radius 2 is 1.25 bits per heavy atom. The first-order chi connectivity index (χ1) is 32.0. The summed E-state index contributed by atoms with van der Waals surface area (Å²) in [6.07, 6.45) is 1.93. The number of benzene rings is 6. The van der Waals surface area contributed by atoms with Crippen LogP contribution in [0.3, 0.4) is 0 Å². The molecule has 1 fully saturated rings. The molecular formula is C63H69N4OPt-. The van der Waals surface area contributed by atoms with Gasteiger partial charge < -0.3 is 9.30 Å². The van der Waals surface area contributed by atoms with Gasteiger partial charge in [0.15, 0.2) is 12.4 Å². The zero-order chi connectivity index (χ0) is 48.5. The Balaban J connectivity index is 0.00000593. The van der Waals surface area contributed by atoms with Gasteiger partial charge in [0, 0.05) is 68.5 Å². The number of pyridine rings is 1. The van der Waals surface area contributed by atoms with Crippen LogP contribution in [0.1, 0.15) is 144 Å². The van der Waals surface area contributed by atoms with E-state index in [-0.39, 0.29) is 42.7 Å². The number of nitrogens with zero attached hydrogens (tertiary/aromatic N) is 4. The standard InChI is InChI=1S/C63H69N4O.Pt/c1-40(2)50-23-19-24-51(41(3)4)59(50)42-32-47(67-39-66(67,56-29-26-43(35-57(56)67)60(5,6)7)46-21-18-20-45(34-46)63(14,15)62(11,12)13)37-49(33-42)68-48-27-28-53-52-22-16-17-25-54(52)65(55(53)38-48)58-36-44(30-31-64-58)61(8,9)10;/h16-36,39-41H,1-15H3;/q-1;/t66-,67?;/m0./s1. The van der Waals surface area contributed by atoms with Crippen molar-refractivity contribution in [2.45, 2.75) is 132 Å². The third-order valence-electron chi connectivity index (χ3n) is 15.7. The summed E-state index contributed by atoms with van der Waals surface area (Å²) in [6, 6.07) is 52.8. The third kappa shape index (κ3) is 7.65. The van der Waals surface area contributed by atoms with E-state index in [1.165, 1.54) is 50.4 Å². The van der Waals surface area contributed by atoms with E-state index < -0.39 is 0 Å². The van der Waals surface area contributed by atoms with E-state index in [1.807, 2.05) is 6.20 Å². The minimum atomic E-state index is -0.0631. The van der Waals surface area contributed by atoms with E-state index in [1.54, 1.807) is 0 Å². The van der Waals surface area contributed by atoms with Gasteiger partial charge in [-0.2, -0.15) is 10.7 Å². The molecule has 2 atom stereocenters. The maximum absolute atomic E-state index is 7.17. The zero-order valence-electron chi connectivity index (χ0n) is 43.4. The van der Waals surface area contributed by atoms with Gasteiger partial charge in [0.05, 0.1) is 5.69 Å². The zero-order valence-corrected chi connectivity index (χ0v) is 45.6. The second kappa shape index (κ2) is 16.6. The Kier molecular flexibility index (Phi) is 11.7. The van der Waals surface area contributed by atoms with Crippen LogP contribution >= 0.6 is 0 Å². The largest absolute Gasteiger partial charge is 0.509 e. The van der Waals surface area contributed by atoms with Gasteiger partial charge in [-0.3, -0.25) is 0 Å². The molecule has 10 rings (SSSR count). The summed E-state index contributed by atoms with van der Waals surface area (Å²) in [5.41, 5.74) is 15.7. The second-order valence-corrected chi connectivity index (χ2v) is 23.8. The molecule has 0 amide bonds. The number of hydrogen-bond donors (Lipinski definition) is 0. The van der Waals surface area contributed by atoms with Crippen molar-refractivity contribution in [3.8, 4) is 28.4 Å². The molecule has 8 aromatic rings. The molecule has 2 aromatic heterocycles. The van der Waals surface area contributed by atoms with Crippen molar-refractivity contribution < 1.29 is 25.8 Å². The molecule has 358 valence electrons. The number of quaternary nitrogens is 2. The van der Waals surface area contributed by atoms with Gasteiger partial charge in [-0.25, -0.2) is 9.58 Å². The van der Waals surface area contributed by atoms with Crippen molar-refractivity contribution in [1.82, 2.24) is 18.7 Å². The van der Waals surface area contributed by atoms with E-state index in [0.717, 1.165) is 38.9 Å². The number of ether oxygens (including phenoxy) is 1. The van der Waals surface area contributed by atoms with Crippen LogP contribution in [0.15, 0.2) is 128 Å². The Bertz CT molecular complexity index is 3270. The summed E-state index contributed by atoms with van der Waals surface area (Å²) in [4.78, 5) is 4.95. The average Bonchev–Trinajstić information content (AvgIpc) is 3.78. The quantitative estimate of drug-likeness (QED) is 0.0818. The van der Waals surface area contributed by atoms with E-state index >= 15 is 0 Å². The number of hydrogen-bond acceptors (Lipinski definition) is 2. The van der Waals surface area contributed by atoms with Crippen LogP contribution in [0.25, 0.3) is 38.8 Å². The molecule has 0 bridgehead atoms. The SMILES string of the molecule is CC(C)c1cccc(C(C)C)c1-c1cc(Oc2[c-]c3c(cc2)c2ccccc2n3-c2cc(C(C)(C)C)ccn2)[c-]c([N+]23[CH-][N@+]2(c2cccc(C(C)(C)C(C)(C)C)c2)c2ccc(C(C)(C)C)cc23)c1.[Pt]. The minimum absolute atomic E-state index is 0. The van der Waals surface area contributed by atoms with Gasteiger partial charge in [0.2, 0.25) is 11.4 Å². The molecule has 0 spiro atoms. The topological polar surface area (TPSA) is 27.1 Å². The van der Waals surface area contributed by atoms with Gasteiger partial charge in [-0.1, -0.05) is 176 Å². The minimum Gasteiger partial charge on any atom is -0.509 e. The van der Waals surface area contributed by atoms with Gasteiger partial charge in [-0.05, 0) is 90.5 Å². The molecule has 6 aromatic carbocycles. The summed E-state index contributed by atoms with van der Waals surface area (Å²) < 4.78 is 10.5. The van der Waals surface area contributed by atoms with Gasteiger partial charge in [0.25, 0.3) is 0 Å². The number of rotatable bonds is 9. The van der Waals surface area contributed by atoms with Crippen LogP contribution in [0, 0.1) is 24.2 Å². The molecule has 2 aliphatic rings. The normalized spacial score (nSPS) is 18.0. The molecule has 0 radical (unpaired) electrons. The van der Waals surface area contributed by atoms with Gasteiger partial charge >= 0.3 is 0 Å². The molecule has 0 N–H and O–H groups in total. The Labute approximate surface area is 426 Å². The maximum atomic E-state index is 7.17. The maximum Gasteiger partial charge on any atom is 0.225 e. The van der Waals surface area contributed by atoms with E-state index in [9.17, 15) is 0 Å². The number of fused-ring (bicyclic) bond motifs is 7. The van der Waals surface area contributed by atoms with Crippen LogP contribution in [0.4, 0.5) is 22.7 Å². The Morgan fingerprint density at radius 3 is 1.91 bits per heavy atom. The molecule has 0 aliphatic carbocycles. The number of para-hydroxylation sites is 1. The van der Waals surface area contributed by atoms with Crippen LogP contribution in [0.5, 0.6) is 11.5 Å². The van der Waals surface area contributed by atoms with Crippen LogP contribution < -0.4 is 13.9 Å². The van der Waals surface area contributed by atoms with E-state index in [0.29, 0.717) is 32.5 Å². The van der Waals surface area contributed by atoms with Crippen LogP contribution in [-0.4, -0.2) is 9.55 Å². The monoisotopic (exact) mass is 1090 g/mol.